The first-order chi connectivity index (χ1) is 8.74. The van der Waals surface area contributed by atoms with Crippen molar-refractivity contribution in [1.82, 2.24) is 5.32 Å². The van der Waals surface area contributed by atoms with Crippen LogP contribution in [0.3, 0.4) is 0 Å². The van der Waals surface area contributed by atoms with Crippen molar-refractivity contribution in [3.63, 3.8) is 0 Å². The molecule has 1 rings (SSSR count). The monoisotopic (exact) mass is 251 g/mol. The van der Waals surface area contributed by atoms with E-state index in [1.165, 1.54) is 12.8 Å². The van der Waals surface area contributed by atoms with Gasteiger partial charge in [0.1, 0.15) is 0 Å². The Morgan fingerprint density at radius 1 is 1.50 bits per heavy atom. The summed E-state index contributed by atoms with van der Waals surface area (Å²) in [6, 6.07) is 0.189. The second kappa shape index (κ2) is 8.92. The summed E-state index contributed by atoms with van der Waals surface area (Å²) in [7, 11) is 0. The Labute approximate surface area is 110 Å². The van der Waals surface area contributed by atoms with Gasteiger partial charge in [-0.05, 0) is 19.8 Å². The van der Waals surface area contributed by atoms with Gasteiger partial charge in [-0.3, -0.25) is 4.79 Å². The predicted octanol–water partition coefficient (Wildman–Crippen LogP) is 2.83. The van der Waals surface area contributed by atoms with Crippen LogP contribution in [0.1, 0.15) is 39.5 Å². The highest BCUT2D eigenvalue weighted by atomic mass is 16.5. The van der Waals surface area contributed by atoms with Gasteiger partial charge in [-0.1, -0.05) is 38.0 Å². The molecule has 1 saturated heterocycles. The molecule has 0 aliphatic carbocycles. The van der Waals surface area contributed by atoms with Gasteiger partial charge in [0.2, 0.25) is 5.91 Å². The molecule has 3 heteroatoms. The van der Waals surface area contributed by atoms with Crippen LogP contribution < -0.4 is 5.32 Å². The van der Waals surface area contributed by atoms with Crippen molar-refractivity contribution in [2.24, 2.45) is 5.92 Å². The van der Waals surface area contributed by atoms with Gasteiger partial charge in [-0.25, -0.2) is 0 Å². The molecule has 1 heterocycles. The highest BCUT2D eigenvalue weighted by Gasteiger charge is 2.22. The van der Waals surface area contributed by atoms with Crippen molar-refractivity contribution in [2.75, 3.05) is 13.2 Å². The Morgan fingerprint density at radius 3 is 3.00 bits per heavy atom. The van der Waals surface area contributed by atoms with E-state index in [0.29, 0.717) is 5.92 Å². The van der Waals surface area contributed by atoms with Crippen LogP contribution in [0.2, 0.25) is 0 Å². The predicted molar refractivity (Wildman–Crippen MR) is 74.3 cm³/mol. The van der Waals surface area contributed by atoms with Gasteiger partial charge in [0.05, 0.1) is 6.61 Å². The molecule has 0 radical (unpaired) electrons. The van der Waals surface area contributed by atoms with Gasteiger partial charge >= 0.3 is 0 Å². The molecule has 1 N–H and O–H groups in total. The smallest absolute Gasteiger partial charge is 0.244 e. The van der Waals surface area contributed by atoms with Crippen LogP contribution in [0.25, 0.3) is 0 Å². The van der Waals surface area contributed by atoms with Crippen molar-refractivity contribution < 1.29 is 9.53 Å². The van der Waals surface area contributed by atoms with E-state index in [0.717, 1.165) is 26.1 Å². The van der Waals surface area contributed by atoms with Gasteiger partial charge in [0.25, 0.3) is 0 Å². The zero-order valence-electron chi connectivity index (χ0n) is 11.5. The third-order valence-electron chi connectivity index (χ3n) is 3.26. The SMILES string of the molecule is CCCCC=CC=CC(=O)NC(C)C1CCOC1. The molecule has 2 atom stereocenters. The van der Waals surface area contributed by atoms with Crippen molar-refractivity contribution >= 4 is 5.91 Å². The Bertz CT molecular complexity index is 291. The van der Waals surface area contributed by atoms with E-state index in [1.54, 1.807) is 6.08 Å². The van der Waals surface area contributed by atoms with Crippen LogP contribution in [-0.4, -0.2) is 25.2 Å². The zero-order chi connectivity index (χ0) is 13.2. The lowest BCUT2D eigenvalue weighted by Gasteiger charge is -2.17. The first-order valence-corrected chi connectivity index (χ1v) is 6.95. The fourth-order valence-corrected chi connectivity index (χ4v) is 1.98. The van der Waals surface area contributed by atoms with E-state index in [2.05, 4.69) is 18.3 Å². The molecule has 0 aromatic carbocycles. The topological polar surface area (TPSA) is 38.3 Å². The number of allylic oxidation sites excluding steroid dienone is 3. The van der Waals surface area contributed by atoms with E-state index < -0.39 is 0 Å². The molecule has 3 nitrogen and oxygen atoms in total. The van der Waals surface area contributed by atoms with Crippen LogP contribution >= 0.6 is 0 Å². The fraction of sp³-hybridized carbons (Fsp3) is 0.667. The summed E-state index contributed by atoms with van der Waals surface area (Å²) in [6.07, 6.45) is 12.0. The number of ether oxygens (including phenoxy) is 1. The van der Waals surface area contributed by atoms with Gasteiger partial charge in [-0.2, -0.15) is 0 Å². The highest BCUT2D eigenvalue weighted by molar-refractivity contribution is 5.87. The van der Waals surface area contributed by atoms with E-state index in [-0.39, 0.29) is 11.9 Å². The van der Waals surface area contributed by atoms with E-state index >= 15 is 0 Å². The van der Waals surface area contributed by atoms with Crippen LogP contribution in [0.4, 0.5) is 0 Å². The highest BCUT2D eigenvalue weighted by Crippen LogP contribution is 2.16. The second-order valence-corrected chi connectivity index (χ2v) is 4.85. The Hall–Kier alpha value is -1.09. The summed E-state index contributed by atoms with van der Waals surface area (Å²) in [5.41, 5.74) is 0. The van der Waals surface area contributed by atoms with Crippen molar-refractivity contribution in [2.45, 2.75) is 45.6 Å². The Kier molecular flexibility index (Phi) is 7.42. The molecule has 102 valence electrons. The number of amides is 1. The molecule has 0 spiro atoms. The minimum Gasteiger partial charge on any atom is -0.381 e. The van der Waals surface area contributed by atoms with Crippen molar-refractivity contribution in [3.05, 3.63) is 24.3 Å². The van der Waals surface area contributed by atoms with Crippen molar-refractivity contribution in [1.29, 1.82) is 0 Å². The van der Waals surface area contributed by atoms with E-state index in [1.807, 2.05) is 19.1 Å². The molecular formula is C15H25NO2. The number of carbonyl (C=O) groups excluding carboxylic acids is 1. The van der Waals surface area contributed by atoms with E-state index in [4.69, 9.17) is 4.74 Å². The summed E-state index contributed by atoms with van der Waals surface area (Å²) < 4.78 is 5.32. The lowest BCUT2D eigenvalue weighted by atomic mass is 10.0. The average Bonchev–Trinajstić information content (AvgIpc) is 2.87. The Balaban J connectivity index is 2.19. The summed E-state index contributed by atoms with van der Waals surface area (Å²) in [4.78, 5) is 11.6. The third kappa shape index (κ3) is 6.01. The molecule has 0 aromatic rings. The summed E-state index contributed by atoms with van der Waals surface area (Å²) in [5, 5.41) is 2.98. The molecule has 2 unspecified atom stereocenters. The number of nitrogens with one attached hydrogen (secondary N) is 1. The number of rotatable bonds is 7. The number of carbonyl (C=O) groups is 1. The lowest BCUT2D eigenvalue weighted by Crippen LogP contribution is -2.37. The number of hydrogen-bond acceptors (Lipinski definition) is 2. The molecule has 18 heavy (non-hydrogen) atoms. The minimum absolute atomic E-state index is 0.0189. The minimum atomic E-state index is -0.0189. The Morgan fingerprint density at radius 2 is 2.33 bits per heavy atom. The molecule has 0 bridgehead atoms. The molecule has 1 fully saturated rings. The molecule has 0 aromatic heterocycles. The first-order valence-electron chi connectivity index (χ1n) is 6.95. The number of hydrogen-bond donors (Lipinski definition) is 1. The molecule has 1 aliphatic heterocycles. The van der Waals surface area contributed by atoms with Crippen molar-refractivity contribution in [3.8, 4) is 0 Å². The summed E-state index contributed by atoms with van der Waals surface area (Å²) in [5.74, 6) is 0.442. The third-order valence-corrected chi connectivity index (χ3v) is 3.26. The normalized spacial score (nSPS) is 21.8. The van der Waals surface area contributed by atoms with Crippen LogP contribution in [0.5, 0.6) is 0 Å². The first kappa shape index (κ1) is 15.0. The average molecular weight is 251 g/mol. The molecule has 1 amide bonds. The largest absolute Gasteiger partial charge is 0.381 e. The fourth-order valence-electron chi connectivity index (χ4n) is 1.98. The van der Waals surface area contributed by atoms with Gasteiger partial charge in [0, 0.05) is 24.6 Å². The van der Waals surface area contributed by atoms with Gasteiger partial charge in [0.15, 0.2) is 0 Å². The summed E-state index contributed by atoms with van der Waals surface area (Å²) in [6.45, 7) is 5.80. The van der Waals surface area contributed by atoms with Crippen LogP contribution in [0.15, 0.2) is 24.3 Å². The molecule has 1 aliphatic rings. The lowest BCUT2D eigenvalue weighted by molar-refractivity contribution is -0.117. The maximum atomic E-state index is 11.6. The quantitative estimate of drug-likeness (QED) is 0.429. The van der Waals surface area contributed by atoms with E-state index in [9.17, 15) is 4.79 Å². The zero-order valence-corrected chi connectivity index (χ0v) is 11.5. The standard InChI is InChI=1S/C15H25NO2/c1-3-4-5-6-7-8-9-15(17)16-13(2)14-10-11-18-12-14/h6-9,13-14H,3-5,10-12H2,1-2H3,(H,16,17). The molecular weight excluding hydrogens is 226 g/mol. The maximum Gasteiger partial charge on any atom is 0.244 e. The van der Waals surface area contributed by atoms with Crippen LogP contribution in [-0.2, 0) is 9.53 Å². The second-order valence-electron chi connectivity index (χ2n) is 4.85. The molecule has 0 saturated carbocycles. The van der Waals surface area contributed by atoms with Crippen LogP contribution in [0, 0.1) is 5.92 Å². The number of unbranched alkanes of at least 4 members (excludes halogenated alkanes) is 2. The van der Waals surface area contributed by atoms with Gasteiger partial charge < -0.3 is 10.1 Å². The van der Waals surface area contributed by atoms with Gasteiger partial charge in [-0.15, -0.1) is 0 Å². The summed E-state index contributed by atoms with van der Waals surface area (Å²) >= 11 is 0. The maximum absolute atomic E-state index is 11.6.